The number of rotatable bonds is 4. The van der Waals surface area contributed by atoms with Crippen molar-refractivity contribution >= 4 is 17.5 Å². The molecule has 1 aromatic carbocycles. The lowest BCUT2D eigenvalue weighted by atomic mass is 10.1. The second kappa shape index (κ2) is 8.30. The Kier molecular flexibility index (Phi) is 5.57. The minimum absolute atomic E-state index is 0.0685. The number of carbonyl (C=O) groups excluding carboxylic acids is 2. The predicted octanol–water partition coefficient (Wildman–Crippen LogP) is 4.07. The van der Waals surface area contributed by atoms with Gasteiger partial charge in [0, 0.05) is 36.5 Å². The number of pyridine rings is 1. The van der Waals surface area contributed by atoms with Gasteiger partial charge < -0.3 is 10.2 Å². The predicted molar refractivity (Wildman–Crippen MR) is 118 cm³/mol. The summed E-state index contributed by atoms with van der Waals surface area (Å²) in [4.78, 5) is 32.0. The topological polar surface area (TPSA) is 66.7 Å². The van der Waals surface area contributed by atoms with E-state index in [9.17, 15) is 9.59 Å². The van der Waals surface area contributed by atoms with E-state index in [0.29, 0.717) is 11.1 Å². The van der Waals surface area contributed by atoms with E-state index in [1.54, 1.807) is 0 Å². The molecular formula is C24H28N4O2. The van der Waals surface area contributed by atoms with Gasteiger partial charge >= 0.3 is 0 Å². The summed E-state index contributed by atoms with van der Waals surface area (Å²) in [6.07, 6.45) is 5.19. The number of amides is 2. The van der Waals surface area contributed by atoms with Crippen molar-refractivity contribution in [3.8, 4) is 11.3 Å². The first-order chi connectivity index (χ1) is 14.4. The molecule has 2 aromatic heterocycles. The molecule has 1 aliphatic heterocycles. The van der Waals surface area contributed by atoms with Gasteiger partial charge in [-0.1, -0.05) is 12.1 Å². The SMILES string of the molecule is Cc1nc2ccc(C(=O)N3CCCCC3)cn2c1-c1cccc(C(=O)NC(C)C)c1. The Bertz CT molecular complexity index is 1090. The highest BCUT2D eigenvalue weighted by Crippen LogP contribution is 2.26. The molecular weight excluding hydrogens is 376 g/mol. The third kappa shape index (κ3) is 3.95. The Morgan fingerprint density at radius 3 is 2.53 bits per heavy atom. The van der Waals surface area contributed by atoms with Gasteiger partial charge in [0.15, 0.2) is 0 Å². The largest absolute Gasteiger partial charge is 0.350 e. The maximum absolute atomic E-state index is 13.0. The standard InChI is InChI=1S/C24H28N4O2/c1-16(2)25-23(29)19-9-7-8-18(14-19)22-17(3)26-21-11-10-20(15-28(21)22)24(30)27-12-5-4-6-13-27/h7-11,14-16H,4-6,12-13H2,1-3H3,(H,25,29). The molecule has 1 saturated heterocycles. The molecule has 1 N–H and O–H groups in total. The third-order valence-corrected chi connectivity index (χ3v) is 5.50. The maximum atomic E-state index is 13.0. The van der Waals surface area contributed by atoms with Crippen molar-refractivity contribution in [2.75, 3.05) is 13.1 Å². The minimum atomic E-state index is -0.0979. The number of piperidine rings is 1. The fraction of sp³-hybridized carbons (Fsp3) is 0.375. The average Bonchev–Trinajstić information content (AvgIpc) is 3.08. The molecule has 0 aliphatic carbocycles. The van der Waals surface area contributed by atoms with Gasteiger partial charge in [-0.15, -0.1) is 0 Å². The van der Waals surface area contributed by atoms with E-state index < -0.39 is 0 Å². The fourth-order valence-corrected chi connectivity index (χ4v) is 4.07. The van der Waals surface area contributed by atoms with Crippen LogP contribution in [0.25, 0.3) is 16.9 Å². The van der Waals surface area contributed by atoms with Crippen LogP contribution in [-0.4, -0.2) is 45.2 Å². The van der Waals surface area contributed by atoms with Crippen molar-refractivity contribution < 1.29 is 9.59 Å². The molecule has 0 spiro atoms. The van der Waals surface area contributed by atoms with E-state index in [1.165, 1.54) is 6.42 Å². The Hall–Kier alpha value is -3.15. The van der Waals surface area contributed by atoms with Crippen LogP contribution in [0.1, 0.15) is 59.5 Å². The lowest BCUT2D eigenvalue weighted by Crippen LogP contribution is -2.35. The van der Waals surface area contributed by atoms with E-state index in [1.807, 2.05) is 72.7 Å². The molecule has 0 atom stereocenters. The zero-order valence-corrected chi connectivity index (χ0v) is 17.8. The van der Waals surface area contributed by atoms with Crippen molar-refractivity contribution in [3.05, 3.63) is 59.4 Å². The summed E-state index contributed by atoms with van der Waals surface area (Å²) in [7, 11) is 0. The van der Waals surface area contributed by atoms with E-state index in [4.69, 9.17) is 0 Å². The van der Waals surface area contributed by atoms with Gasteiger partial charge in [-0.25, -0.2) is 4.98 Å². The monoisotopic (exact) mass is 404 g/mol. The molecule has 2 amide bonds. The van der Waals surface area contributed by atoms with Gasteiger partial charge in [0.25, 0.3) is 11.8 Å². The molecule has 30 heavy (non-hydrogen) atoms. The highest BCUT2D eigenvalue weighted by molar-refractivity contribution is 5.96. The van der Waals surface area contributed by atoms with Crippen LogP contribution in [0.4, 0.5) is 0 Å². The summed E-state index contributed by atoms with van der Waals surface area (Å²) < 4.78 is 1.96. The van der Waals surface area contributed by atoms with Crippen LogP contribution in [-0.2, 0) is 0 Å². The van der Waals surface area contributed by atoms with E-state index >= 15 is 0 Å². The van der Waals surface area contributed by atoms with Gasteiger partial charge in [0.2, 0.25) is 0 Å². The van der Waals surface area contributed by atoms with Crippen LogP contribution in [0.15, 0.2) is 42.6 Å². The number of nitrogens with one attached hydrogen (secondary N) is 1. The van der Waals surface area contributed by atoms with Crippen LogP contribution in [0.5, 0.6) is 0 Å². The summed E-state index contributed by atoms with van der Waals surface area (Å²) in [6, 6.07) is 11.4. The molecule has 3 aromatic rings. The molecule has 156 valence electrons. The van der Waals surface area contributed by atoms with Crippen LogP contribution in [0, 0.1) is 6.92 Å². The van der Waals surface area contributed by atoms with Crippen molar-refractivity contribution in [1.82, 2.24) is 19.6 Å². The van der Waals surface area contributed by atoms with Gasteiger partial charge in [-0.2, -0.15) is 0 Å². The molecule has 6 heteroatoms. The first kappa shape index (κ1) is 20.1. The summed E-state index contributed by atoms with van der Waals surface area (Å²) in [5.41, 5.74) is 4.72. The van der Waals surface area contributed by atoms with Crippen LogP contribution < -0.4 is 5.32 Å². The third-order valence-electron chi connectivity index (χ3n) is 5.50. The lowest BCUT2D eigenvalue weighted by Gasteiger charge is -2.26. The van der Waals surface area contributed by atoms with Gasteiger partial charge in [0.05, 0.1) is 17.0 Å². The Labute approximate surface area is 176 Å². The first-order valence-corrected chi connectivity index (χ1v) is 10.6. The van der Waals surface area contributed by atoms with Crippen molar-refractivity contribution in [2.24, 2.45) is 0 Å². The van der Waals surface area contributed by atoms with Crippen LogP contribution >= 0.6 is 0 Å². The number of aromatic nitrogens is 2. The zero-order valence-electron chi connectivity index (χ0n) is 17.8. The normalized spacial score (nSPS) is 14.3. The molecule has 1 fully saturated rings. The lowest BCUT2D eigenvalue weighted by molar-refractivity contribution is 0.0723. The summed E-state index contributed by atoms with van der Waals surface area (Å²) >= 11 is 0. The van der Waals surface area contributed by atoms with Crippen molar-refractivity contribution in [2.45, 2.75) is 46.1 Å². The van der Waals surface area contributed by atoms with Gasteiger partial charge in [-0.3, -0.25) is 14.0 Å². The Balaban J connectivity index is 1.73. The van der Waals surface area contributed by atoms with Crippen LogP contribution in [0.3, 0.4) is 0 Å². The summed E-state index contributed by atoms with van der Waals surface area (Å²) in [5, 5.41) is 2.93. The van der Waals surface area contributed by atoms with Crippen LogP contribution in [0.2, 0.25) is 0 Å². The molecule has 0 radical (unpaired) electrons. The van der Waals surface area contributed by atoms with Crippen molar-refractivity contribution in [1.29, 1.82) is 0 Å². The van der Waals surface area contributed by atoms with Gasteiger partial charge in [-0.05, 0) is 64.3 Å². The summed E-state index contributed by atoms with van der Waals surface area (Å²) in [5.74, 6) is -0.0294. The van der Waals surface area contributed by atoms with E-state index in [0.717, 1.165) is 48.5 Å². The number of fused-ring (bicyclic) bond motifs is 1. The highest BCUT2D eigenvalue weighted by atomic mass is 16.2. The quantitative estimate of drug-likeness (QED) is 0.713. The highest BCUT2D eigenvalue weighted by Gasteiger charge is 2.20. The number of imidazole rings is 1. The second-order valence-electron chi connectivity index (χ2n) is 8.25. The second-order valence-corrected chi connectivity index (χ2v) is 8.25. The Morgan fingerprint density at radius 1 is 1.03 bits per heavy atom. The minimum Gasteiger partial charge on any atom is -0.350 e. The zero-order chi connectivity index (χ0) is 21.3. The number of hydrogen-bond donors (Lipinski definition) is 1. The average molecular weight is 405 g/mol. The number of hydrogen-bond acceptors (Lipinski definition) is 3. The first-order valence-electron chi connectivity index (χ1n) is 10.6. The molecule has 0 saturated carbocycles. The molecule has 1 aliphatic rings. The smallest absolute Gasteiger partial charge is 0.255 e. The van der Waals surface area contributed by atoms with E-state index in [2.05, 4.69) is 10.3 Å². The number of nitrogens with zero attached hydrogens (tertiary/aromatic N) is 3. The van der Waals surface area contributed by atoms with E-state index in [-0.39, 0.29) is 17.9 Å². The summed E-state index contributed by atoms with van der Waals surface area (Å²) in [6.45, 7) is 7.48. The molecule has 6 nitrogen and oxygen atoms in total. The number of carbonyl (C=O) groups is 2. The molecule has 3 heterocycles. The Morgan fingerprint density at radius 2 is 1.80 bits per heavy atom. The molecule has 0 bridgehead atoms. The maximum Gasteiger partial charge on any atom is 0.255 e. The number of aryl methyl sites for hydroxylation is 1. The molecule has 4 rings (SSSR count). The fourth-order valence-electron chi connectivity index (χ4n) is 4.07. The van der Waals surface area contributed by atoms with Gasteiger partial charge in [0.1, 0.15) is 5.65 Å². The number of likely N-dealkylation sites (tertiary alicyclic amines) is 1. The van der Waals surface area contributed by atoms with Crippen molar-refractivity contribution in [3.63, 3.8) is 0 Å². The number of benzene rings is 1. The molecule has 0 unspecified atom stereocenters.